The van der Waals surface area contributed by atoms with Crippen molar-refractivity contribution in [1.82, 2.24) is 14.8 Å². The number of aromatic nitrogens is 3. The summed E-state index contributed by atoms with van der Waals surface area (Å²) in [5.41, 5.74) is 4.17. The van der Waals surface area contributed by atoms with E-state index in [-0.39, 0.29) is 0 Å². The Hall–Kier alpha value is -2.31. The molecule has 148 valence electrons. The molecule has 0 bridgehead atoms. The van der Waals surface area contributed by atoms with Gasteiger partial charge in [0.1, 0.15) is 10.6 Å². The lowest BCUT2D eigenvalue weighted by molar-refractivity contribution is 0.414. The normalized spacial score (nSPS) is 10.8. The molecule has 0 aliphatic rings. The Morgan fingerprint density at radius 3 is 2.50 bits per heavy atom. The van der Waals surface area contributed by atoms with E-state index < -0.39 is 0 Å². The molecule has 0 aliphatic heterocycles. The van der Waals surface area contributed by atoms with Crippen molar-refractivity contribution in [3.63, 3.8) is 0 Å². The van der Waals surface area contributed by atoms with E-state index in [0.717, 1.165) is 48.3 Å². The molecule has 0 atom stereocenters. The van der Waals surface area contributed by atoms with Crippen molar-refractivity contribution in [2.24, 2.45) is 7.05 Å². The molecule has 0 fully saturated rings. The smallest absolute Gasteiger partial charge is 0.166 e. The lowest BCUT2D eigenvalue weighted by Gasteiger charge is -2.05. The summed E-state index contributed by atoms with van der Waals surface area (Å²) in [6.07, 6.45) is 0. The molecule has 4 aromatic rings. The van der Waals surface area contributed by atoms with Crippen LogP contribution in [0.3, 0.4) is 0 Å². The molecule has 0 spiro atoms. The van der Waals surface area contributed by atoms with Crippen molar-refractivity contribution in [2.75, 3.05) is 12.4 Å². The number of halogens is 1. The van der Waals surface area contributed by atoms with Crippen molar-refractivity contribution in [3.8, 4) is 5.75 Å². The summed E-state index contributed by atoms with van der Waals surface area (Å²) in [5.74, 6) is 1.72. The Morgan fingerprint density at radius 2 is 1.86 bits per heavy atom. The summed E-state index contributed by atoms with van der Waals surface area (Å²) < 4.78 is 8.22. The van der Waals surface area contributed by atoms with Gasteiger partial charge in [-0.3, -0.25) is 4.68 Å². The number of pyridine rings is 1. The van der Waals surface area contributed by atoms with Gasteiger partial charge in [0.2, 0.25) is 0 Å². The molecule has 0 aliphatic carbocycles. The fourth-order valence-corrected chi connectivity index (χ4v) is 4.57. The molecule has 0 saturated heterocycles. The number of anilines is 1. The molecule has 0 amide bonds. The van der Waals surface area contributed by atoms with Crippen LogP contribution in [0.5, 0.6) is 5.75 Å². The summed E-state index contributed by atoms with van der Waals surface area (Å²) in [6, 6.07) is 8.02. The number of fused-ring (bicyclic) bond motifs is 3. The molecular formula is C21H25ClN4OS. The van der Waals surface area contributed by atoms with Gasteiger partial charge in [-0.2, -0.15) is 5.10 Å². The van der Waals surface area contributed by atoms with E-state index in [1.54, 1.807) is 18.4 Å². The highest BCUT2D eigenvalue weighted by Crippen LogP contribution is 2.40. The average Bonchev–Trinajstić information content (AvgIpc) is 3.24. The van der Waals surface area contributed by atoms with E-state index in [9.17, 15) is 0 Å². The average molecular weight is 417 g/mol. The van der Waals surface area contributed by atoms with Crippen LogP contribution in [0.4, 0.5) is 5.82 Å². The third-order valence-corrected chi connectivity index (χ3v) is 6.20. The molecule has 1 N–H and O–H groups in total. The predicted molar refractivity (Wildman–Crippen MR) is 120 cm³/mol. The molecule has 5 nitrogen and oxygen atoms in total. The first kappa shape index (κ1) is 20.4. The van der Waals surface area contributed by atoms with Gasteiger partial charge in [0.15, 0.2) is 5.82 Å². The van der Waals surface area contributed by atoms with Gasteiger partial charge in [-0.15, -0.1) is 11.3 Å². The summed E-state index contributed by atoms with van der Waals surface area (Å²) in [7, 11) is 3.63. The number of methoxy groups -OCH3 is 1. The minimum atomic E-state index is 0.691. The van der Waals surface area contributed by atoms with E-state index >= 15 is 0 Å². The maximum absolute atomic E-state index is 6.43. The second kappa shape index (κ2) is 8.37. The first-order valence-electron chi connectivity index (χ1n) is 9.28. The topological polar surface area (TPSA) is 52.0 Å². The number of thiophene rings is 1. The van der Waals surface area contributed by atoms with Crippen LogP contribution in [-0.2, 0) is 13.6 Å². The molecule has 4 rings (SSSR count). The maximum Gasteiger partial charge on any atom is 0.166 e. The Bertz CT molecular complexity index is 1120. The number of hydrogen-bond donors (Lipinski definition) is 1. The van der Waals surface area contributed by atoms with Gasteiger partial charge in [0.25, 0.3) is 0 Å². The molecular weight excluding hydrogens is 392 g/mol. The monoisotopic (exact) mass is 416 g/mol. The first-order chi connectivity index (χ1) is 13.5. The zero-order valence-electron chi connectivity index (χ0n) is 17.1. The van der Waals surface area contributed by atoms with Crippen molar-refractivity contribution >= 4 is 49.2 Å². The van der Waals surface area contributed by atoms with Gasteiger partial charge in [-0.25, -0.2) is 4.98 Å². The Morgan fingerprint density at radius 1 is 1.18 bits per heavy atom. The van der Waals surface area contributed by atoms with Crippen LogP contribution < -0.4 is 10.1 Å². The first-order valence-corrected chi connectivity index (χ1v) is 10.5. The highest BCUT2D eigenvalue weighted by molar-refractivity contribution is 7.26. The van der Waals surface area contributed by atoms with Crippen LogP contribution in [0.1, 0.15) is 30.7 Å². The quantitative estimate of drug-likeness (QED) is 0.436. The van der Waals surface area contributed by atoms with Crippen molar-refractivity contribution in [3.05, 3.63) is 46.1 Å². The zero-order valence-corrected chi connectivity index (χ0v) is 18.6. The lowest BCUT2D eigenvalue weighted by Crippen LogP contribution is -2.01. The molecule has 3 aromatic heterocycles. The van der Waals surface area contributed by atoms with Crippen LogP contribution >= 0.6 is 22.9 Å². The third-order valence-electron chi connectivity index (χ3n) is 4.56. The fourth-order valence-electron chi connectivity index (χ4n) is 3.17. The number of benzene rings is 1. The predicted octanol–water partition coefficient (Wildman–Crippen LogP) is 6.10. The minimum Gasteiger partial charge on any atom is -0.497 e. The number of aryl methyl sites for hydroxylation is 3. The van der Waals surface area contributed by atoms with Crippen LogP contribution in [0.15, 0.2) is 24.3 Å². The molecule has 1 aromatic carbocycles. The van der Waals surface area contributed by atoms with E-state index in [4.69, 9.17) is 16.3 Å². The van der Waals surface area contributed by atoms with Gasteiger partial charge in [-0.05, 0) is 37.1 Å². The van der Waals surface area contributed by atoms with Crippen LogP contribution in [-0.4, -0.2) is 21.9 Å². The number of nitrogens with one attached hydrogen (secondary N) is 1. The summed E-state index contributed by atoms with van der Waals surface area (Å²) in [5, 5.41) is 9.93. The number of hydrogen-bond acceptors (Lipinski definition) is 5. The highest BCUT2D eigenvalue weighted by Gasteiger charge is 2.19. The molecule has 28 heavy (non-hydrogen) atoms. The molecule has 3 heterocycles. The minimum absolute atomic E-state index is 0.691. The second-order valence-corrected chi connectivity index (χ2v) is 7.65. The van der Waals surface area contributed by atoms with Crippen molar-refractivity contribution in [1.29, 1.82) is 0 Å². The van der Waals surface area contributed by atoms with Gasteiger partial charge < -0.3 is 10.1 Å². The second-order valence-electron chi connectivity index (χ2n) is 6.27. The van der Waals surface area contributed by atoms with Crippen LogP contribution in [0.2, 0.25) is 5.02 Å². The van der Waals surface area contributed by atoms with Gasteiger partial charge in [0.05, 0.1) is 28.0 Å². The number of ether oxygens (including phenoxy) is 1. The highest BCUT2D eigenvalue weighted by atomic mass is 35.5. The molecule has 7 heteroatoms. The maximum atomic E-state index is 6.43. The van der Waals surface area contributed by atoms with Crippen LogP contribution in [0, 0.1) is 13.8 Å². The standard InChI is InChI=1S/C19H19ClN4OS.C2H6/c1-10-14-16-17(26-19(14)22-11(2)15(10)20)18(23-24(16)3)21-9-12-5-7-13(25-4)8-6-12;1-2/h5-8H,9H2,1-4H3,(H,21,23);1-2H3. The Balaban J connectivity index is 0.00000109. The molecule has 0 unspecified atom stereocenters. The summed E-state index contributed by atoms with van der Waals surface area (Å²) in [4.78, 5) is 5.67. The molecule has 0 saturated carbocycles. The lowest BCUT2D eigenvalue weighted by atomic mass is 10.1. The summed E-state index contributed by atoms with van der Waals surface area (Å²) >= 11 is 8.08. The number of rotatable bonds is 4. The SMILES string of the molecule is CC.COc1ccc(CNc2nn(C)c3c2sc2nc(C)c(Cl)c(C)c23)cc1. The van der Waals surface area contributed by atoms with E-state index in [0.29, 0.717) is 6.54 Å². The van der Waals surface area contributed by atoms with Crippen molar-refractivity contribution < 1.29 is 4.74 Å². The Labute approximate surface area is 174 Å². The van der Waals surface area contributed by atoms with Gasteiger partial charge in [0, 0.05) is 19.0 Å². The van der Waals surface area contributed by atoms with E-state index in [1.807, 2.05) is 63.7 Å². The summed E-state index contributed by atoms with van der Waals surface area (Å²) in [6.45, 7) is 8.68. The zero-order chi connectivity index (χ0) is 20.4. The van der Waals surface area contributed by atoms with E-state index in [2.05, 4.69) is 15.4 Å². The largest absolute Gasteiger partial charge is 0.497 e. The number of nitrogens with zero attached hydrogens (tertiary/aromatic N) is 3. The fraction of sp³-hybridized carbons (Fsp3) is 0.333. The van der Waals surface area contributed by atoms with Gasteiger partial charge >= 0.3 is 0 Å². The van der Waals surface area contributed by atoms with Gasteiger partial charge in [-0.1, -0.05) is 37.6 Å². The van der Waals surface area contributed by atoms with Crippen LogP contribution in [0.25, 0.3) is 20.4 Å². The van der Waals surface area contributed by atoms with Crippen molar-refractivity contribution in [2.45, 2.75) is 34.2 Å². The Kier molecular flexibility index (Phi) is 6.10. The van der Waals surface area contributed by atoms with E-state index in [1.165, 1.54) is 5.56 Å². The third kappa shape index (κ3) is 3.54. The molecule has 0 radical (unpaired) electrons.